The number of carbonyl (C=O) groups is 1. The third-order valence-corrected chi connectivity index (χ3v) is 3.70. The SMILES string of the molecule is COc1ccc2[nH]cc(CCNC(=O)c3cnc(C)nc3)c2c1. The van der Waals surface area contributed by atoms with E-state index in [2.05, 4.69) is 20.3 Å². The lowest BCUT2D eigenvalue weighted by atomic mass is 10.1. The number of amides is 1. The monoisotopic (exact) mass is 310 g/mol. The number of aryl methyl sites for hydroxylation is 1. The Hall–Kier alpha value is -2.89. The molecule has 0 saturated carbocycles. The highest BCUT2D eigenvalue weighted by Gasteiger charge is 2.08. The number of nitrogens with zero attached hydrogens (tertiary/aromatic N) is 2. The van der Waals surface area contributed by atoms with E-state index in [4.69, 9.17) is 4.74 Å². The molecule has 0 radical (unpaired) electrons. The van der Waals surface area contributed by atoms with Gasteiger partial charge in [-0.1, -0.05) is 0 Å². The van der Waals surface area contributed by atoms with E-state index >= 15 is 0 Å². The standard InChI is InChI=1S/C17H18N4O2/c1-11-19-9-13(10-20-11)17(22)18-6-5-12-8-21-16-4-3-14(23-2)7-15(12)16/h3-4,7-10,21H,5-6H2,1-2H3,(H,18,22). The minimum absolute atomic E-state index is 0.164. The van der Waals surface area contributed by atoms with Gasteiger partial charge in [0.1, 0.15) is 11.6 Å². The molecule has 118 valence electrons. The lowest BCUT2D eigenvalue weighted by Crippen LogP contribution is -2.26. The van der Waals surface area contributed by atoms with Crippen molar-refractivity contribution in [3.8, 4) is 5.75 Å². The number of aromatic amines is 1. The minimum atomic E-state index is -0.164. The van der Waals surface area contributed by atoms with E-state index in [0.717, 1.165) is 28.6 Å². The Balaban J connectivity index is 1.64. The molecule has 0 unspecified atom stereocenters. The van der Waals surface area contributed by atoms with Gasteiger partial charge < -0.3 is 15.0 Å². The van der Waals surface area contributed by atoms with Crippen LogP contribution in [0.5, 0.6) is 5.75 Å². The first-order valence-corrected chi connectivity index (χ1v) is 7.38. The minimum Gasteiger partial charge on any atom is -0.497 e. The molecular formula is C17H18N4O2. The number of fused-ring (bicyclic) bond motifs is 1. The molecule has 23 heavy (non-hydrogen) atoms. The molecule has 1 aromatic carbocycles. The molecule has 6 nitrogen and oxygen atoms in total. The summed E-state index contributed by atoms with van der Waals surface area (Å²) >= 11 is 0. The molecule has 2 heterocycles. The number of methoxy groups -OCH3 is 1. The van der Waals surface area contributed by atoms with Crippen LogP contribution < -0.4 is 10.1 Å². The number of carbonyl (C=O) groups excluding carboxylic acids is 1. The van der Waals surface area contributed by atoms with Gasteiger partial charge in [-0.25, -0.2) is 9.97 Å². The van der Waals surface area contributed by atoms with Crippen LogP contribution >= 0.6 is 0 Å². The second kappa shape index (κ2) is 6.48. The zero-order valence-electron chi connectivity index (χ0n) is 13.1. The van der Waals surface area contributed by atoms with Crippen molar-refractivity contribution in [3.63, 3.8) is 0 Å². The van der Waals surface area contributed by atoms with E-state index in [-0.39, 0.29) is 5.91 Å². The second-order valence-electron chi connectivity index (χ2n) is 5.25. The molecule has 0 aliphatic heterocycles. The topological polar surface area (TPSA) is 79.9 Å². The fraction of sp³-hybridized carbons (Fsp3) is 0.235. The van der Waals surface area contributed by atoms with Crippen LogP contribution in [-0.4, -0.2) is 34.5 Å². The average molecular weight is 310 g/mol. The van der Waals surface area contributed by atoms with Crippen molar-refractivity contribution in [2.75, 3.05) is 13.7 Å². The average Bonchev–Trinajstić information content (AvgIpc) is 2.97. The lowest BCUT2D eigenvalue weighted by molar-refractivity contribution is 0.0953. The quantitative estimate of drug-likeness (QED) is 0.757. The maximum Gasteiger partial charge on any atom is 0.254 e. The number of nitrogens with one attached hydrogen (secondary N) is 2. The fourth-order valence-electron chi connectivity index (χ4n) is 2.41. The first kappa shape index (κ1) is 15.0. The summed E-state index contributed by atoms with van der Waals surface area (Å²) in [5, 5.41) is 3.99. The molecule has 0 saturated heterocycles. The molecule has 0 aliphatic rings. The van der Waals surface area contributed by atoms with Crippen LogP contribution in [0.2, 0.25) is 0 Å². The van der Waals surface area contributed by atoms with E-state index in [0.29, 0.717) is 17.9 Å². The normalized spacial score (nSPS) is 10.7. The van der Waals surface area contributed by atoms with Crippen molar-refractivity contribution in [2.24, 2.45) is 0 Å². The summed E-state index contributed by atoms with van der Waals surface area (Å²) < 4.78 is 5.26. The number of ether oxygens (including phenoxy) is 1. The summed E-state index contributed by atoms with van der Waals surface area (Å²) in [6.07, 6.45) is 5.76. The first-order valence-electron chi connectivity index (χ1n) is 7.38. The predicted octanol–water partition coefficient (Wildman–Crippen LogP) is 2.25. The van der Waals surface area contributed by atoms with Gasteiger partial charge in [-0.05, 0) is 37.1 Å². The predicted molar refractivity (Wildman–Crippen MR) is 87.7 cm³/mol. The zero-order chi connectivity index (χ0) is 16.2. The van der Waals surface area contributed by atoms with E-state index in [1.807, 2.05) is 24.4 Å². The summed E-state index contributed by atoms with van der Waals surface area (Å²) in [6.45, 7) is 2.32. The molecule has 0 spiro atoms. The Bertz CT molecular complexity index is 824. The van der Waals surface area contributed by atoms with Gasteiger partial charge in [-0.3, -0.25) is 4.79 Å². The van der Waals surface area contributed by atoms with Crippen LogP contribution in [0.15, 0.2) is 36.8 Å². The number of hydrogen-bond acceptors (Lipinski definition) is 4. The highest BCUT2D eigenvalue weighted by molar-refractivity contribution is 5.93. The summed E-state index contributed by atoms with van der Waals surface area (Å²) in [4.78, 5) is 23.3. The Morgan fingerprint density at radius 1 is 1.30 bits per heavy atom. The molecule has 0 atom stereocenters. The largest absolute Gasteiger partial charge is 0.497 e. The number of H-pyrrole nitrogens is 1. The van der Waals surface area contributed by atoms with Gasteiger partial charge in [0.2, 0.25) is 0 Å². The summed E-state index contributed by atoms with van der Waals surface area (Å²) in [5.74, 6) is 1.30. The molecule has 1 amide bonds. The molecule has 0 fully saturated rings. The van der Waals surface area contributed by atoms with Crippen LogP contribution in [0.1, 0.15) is 21.7 Å². The van der Waals surface area contributed by atoms with Gasteiger partial charge in [-0.2, -0.15) is 0 Å². The van der Waals surface area contributed by atoms with Crippen molar-refractivity contribution in [3.05, 3.63) is 53.7 Å². The van der Waals surface area contributed by atoms with E-state index < -0.39 is 0 Å². The van der Waals surface area contributed by atoms with Crippen molar-refractivity contribution >= 4 is 16.8 Å². The van der Waals surface area contributed by atoms with E-state index in [1.165, 1.54) is 12.4 Å². The molecule has 0 aliphatic carbocycles. The van der Waals surface area contributed by atoms with Crippen molar-refractivity contribution in [1.82, 2.24) is 20.3 Å². The summed E-state index contributed by atoms with van der Waals surface area (Å²) in [5.41, 5.74) is 2.66. The summed E-state index contributed by atoms with van der Waals surface area (Å²) in [7, 11) is 1.65. The van der Waals surface area contributed by atoms with Gasteiger partial charge in [0.05, 0.1) is 12.7 Å². The van der Waals surface area contributed by atoms with Gasteiger partial charge in [0, 0.05) is 36.0 Å². The first-order chi connectivity index (χ1) is 11.2. The lowest BCUT2D eigenvalue weighted by Gasteiger charge is -2.05. The second-order valence-corrected chi connectivity index (χ2v) is 5.25. The molecule has 3 aromatic rings. The molecule has 0 bridgehead atoms. The third kappa shape index (κ3) is 3.31. The highest BCUT2D eigenvalue weighted by Crippen LogP contribution is 2.23. The molecular weight excluding hydrogens is 292 g/mol. The fourth-order valence-corrected chi connectivity index (χ4v) is 2.41. The molecule has 6 heteroatoms. The molecule has 3 rings (SSSR count). The van der Waals surface area contributed by atoms with Gasteiger partial charge in [0.25, 0.3) is 5.91 Å². The number of rotatable bonds is 5. The Kier molecular flexibility index (Phi) is 4.23. The van der Waals surface area contributed by atoms with Crippen molar-refractivity contribution < 1.29 is 9.53 Å². The zero-order valence-corrected chi connectivity index (χ0v) is 13.1. The summed E-state index contributed by atoms with van der Waals surface area (Å²) in [6, 6.07) is 5.90. The smallest absolute Gasteiger partial charge is 0.254 e. The van der Waals surface area contributed by atoms with Crippen molar-refractivity contribution in [1.29, 1.82) is 0 Å². The van der Waals surface area contributed by atoms with Gasteiger partial charge in [-0.15, -0.1) is 0 Å². The Labute approximate surface area is 133 Å². The maximum atomic E-state index is 12.0. The van der Waals surface area contributed by atoms with Crippen LogP contribution in [0.25, 0.3) is 10.9 Å². The van der Waals surface area contributed by atoms with E-state index in [1.54, 1.807) is 14.0 Å². The van der Waals surface area contributed by atoms with Crippen LogP contribution in [0, 0.1) is 6.92 Å². The third-order valence-electron chi connectivity index (χ3n) is 3.70. The maximum absolute atomic E-state index is 12.0. The molecule has 2 N–H and O–H groups in total. The van der Waals surface area contributed by atoms with Crippen LogP contribution in [0.4, 0.5) is 0 Å². The van der Waals surface area contributed by atoms with Crippen molar-refractivity contribution in [2.45, 2.75) is 13.3 Å². The number of hydrogen-bond donors (Lipinski definition) is 2. The van der Waals surface area contributed by atoms with Crippen LogP contribution in [-0.2, 0) is 6.42 Å². The van der Waals surface area contributed by atoms with E-state index in [9.17, 15) is 4.79 Å². The number of aromatic nitrogens is 3. The Morgan fingerprint density at radius 3 is 2.83 bits per heavy atom. The Morgan fingerprint density at radius 2 is 2.09 bits per heavy atom. The highest BCUT2D eigenvalue weighted by atomic mass is 16.5. The number of benzene rings is 1. The van der Waals surface area contributed by atoms with Gasteiger partial charge >= 0.3 is 0 Å². The molecule has 2 aromatic heterocycles. The van der Waals surface area contributed by atoms with Gasteiger partial charge in [0.15, 0.2) is 0 Å². The van der Waals surface area contributed by atoms with Crippen LogP contribution in [0.3, 0.4) is 0 Å².